The molecule has 0 spiro atoms. The molecule has 0 rings (SSSR count). The van der Waals surface area contributed by atoms with E-state index in [1.54, 1.807) is 0 Å². The summed E-state index contributed by atoms with van der Waals surface area (Å²) in [7, 11) is 0. The molecule has 0 radical (unpaired) electrons. The van der Waals surface area contributed by atoms with Crippen LogP contribution in [0, 0.1) is 0 Å². The van der Waals surface area contributed by atoms with E-state index >= 15 is 0 Å². The van der Waals surface area contributed by atoms with Gasteiger partial charge in [-0.15, -0.1) is 0 Å². The quantitative estimate of drug-likeness (QED) is 0.437. The largest absolute Gasteiger partial charge is 0.344 e. The molecule has 0 aromatic carbocycles. The smallest absolute Gasteiger partial charge is 0.0683 e. The van der Waals surface area contributed by atoms with Gasteiger partial charge in [-0.05, 0) is 0 Å². The van der Waals surface area contributed by atoms with Crippen molar-refractivity contribution in [1.82, 2.24) is 6.15 Å². The Balaban J connectivity index is -0.00000000500. The molecule has 4 heavy (non-hydrogen) atoms. The zero-order valence-electron chi connectivity index (χ0n) is 3.41. The predicted octanol–water partition coefficient (Wildman–Crippen LogP) is 1.25. The van der Waals surface area contributed by atoms with E-state index in [1.807, 2.05) is 13.8 Å². The van der Waals surface area contributed by atoms with Crippen molar-refractivity contribution >= 4 is 9.90 Å². The summed E-state index contributed by atoms with van der Waals surface area (Å²) in [5.74, 6) is 0. The van der Waals surface area contributed by atoms with Crippen LogP contribution in [0.3, 0.4) is 0 Å². The van der Waals surface area contributed by atoms with Gasteiger partial charge in [0.1, 0.15) is 0 Å². The van der Waals surface area contributed by atoms with E-state index in [9.17, 15) is 0 Å². The van der Waals surface area contributed by atoms with Crippen molar-refractivity contribution in [3.63, 3.8) is 0 Å². The molecule has 0 saturated carbocycles. The lowest BCUT2D eigenvalue weighted by Crippen LogP contribution is -0.856. The first kappa shape index (κ1) is 26.1. The second kappa shape index (κ2) is 127. The minimum atomic E-state index is 0. The molecule has 1 nitrogen and oxygen atoms in total. The molecule has 30 valence electrons. The number of rotatable bonds is 0. The first-order valence-electron chi connectivity index (χ1n) is 1.00. The van der Waals surface area contributed by atoms with Crippen LogP contribution < -0.4 is 6.15 Å². The monoisotopic (exact) mass is 81.1 g/mol. The standard InChI is InChI=1S/C2H6.H3N.H3P/c1-2;;/h1-2H3;2*1H3. The molecule has 3 N–H and O–H groups in total. The zero-order valence-corrected chi connectivity index (χ0v) is 4.83. The van der Waals surface area contributed by atoms with Crippen molar-refractivity contribution < 1.29 is 0 Å². The van der Waals surface area contributed by atoms with Crippen molar-refractivity contribution in [3.05, 3.63) is 0 Å². The van der Waals surface area contributed by atoms with Gasteiger partial charge >= 0.3 is 0 Å². The van der Waals surface area contributed by atoms with E-state index in [-0.39, 0.29) is 16.0 Å². The molecular weight excluding hydrogens is 69.0 g/mol. The Morgan fingerprint density at radius 1 is 1.00 bits per heavy atom. The van der Waals surface area contributed by atoms with Gasteiger partial charge in [-0.1, -0.05) is 13.8 Å². The SMILES string of the molecule is CC.N.P. The number of hydrogen-bond acceptors (Lipinski definition) is 1. The van der Waals surface area contributed by atoms with Gasteiger partial charge < -0.3 is 6.15 Å². The van der Waals surface area contributed by atoms with Crippen LogP contribution in [0.4, 0.5) is 0 Å². The maximum atomic E-state index is 2.00. The Labute approximate surface area is 31.0 Å². The fraction of sp³-hybridized carbons (Fsp3) is 1.00. The fourth-order valence-electron chi connectivity index (χ4n) is 0. The summed E-state index contributed by atoms with van der Waals surface area (Å²) in [5.41, 5.74) is 0. The van der Waals surface area contributed by atoms with E-state index in [2.05, 4.69) is 0 Å². The third kappa shape index (κ3) is 30.4. The van der Waals surface area contributed by atoms with Gasteiger partial charge in [0, 0.05) is 0 Å². The van der Waals surface area contributed by atoms with Crippen LogP contribution >= 0.6 is 9.90 Å². The highest BCUT2D eigenvalue weighted by Gasteiger charge is 0.932. The topological polar surface area (TPSA) is 35.0 Å². The molecule has 1 unspecified atom stereocenters. The summed E-state index contributed by atoms with van der Waals surface area (Å²) in [5, 5.41) is 0. The summed E-state index contributed by atoms with van der Waals surface area (Å²) in [6.45, 7) is 4.00. The van der Waals surface area contributed by atoms with Crippen LogP contribution in [0.2, 0.25) is 0 Å². The minimum absolute atomic E-state index is 0. The van der Waals surface area contributed by atoms with Gasteiger partial charge in [-0.3, -0.25) is 0 Å². The average Bonchev–Trinajstić information content (AvgIpc) is 1.00. The van der Waals surface area contributed by atoms with Crippen molar-refractivity contribution in [2.75, 3.05) is 0 Å². The molecule has 0 aliphatic carbocycles. The third-order valence-corrected chi connectivity index (χ3v) is 0. The average molecular weight is 81.1 g/mol. The molecule has 1 atom stereocenters. The lowest BCUT2D eigenvalue weighted by Gasteiger charge is -1.07. The Morgan fingerprint density at radius 3 is 1.00 bits per heavy atom. The van der Waals surface area contributed by atoms with E-state index in [1.165, 1.54) is 0 Å². The lowest BCUT2D eigenvalue weighted by atomic mass is 11.0. The second-order valence-electron chi connectivity index (χ2n) is 0. The van der Waals surface area contributed by atoms with Gasteiger partial charge in [-0.25, -0.2) is 0 Å². The summed E-state index contributed by atoms with van der Waals surface area (Å²) in [6.07, 6.45) is 0. The Morgan fingerprint density at radius 2 is 1.00 bits per heavy atom. The van der Waals surface area contributed by atoms with Crippen LogP contribution in [-0.2, 0) is 0 Å². The van der Waals surface area contributed by atoms with Crippen molar-refractivity contribution in [2.45, 2.75) is 13.8 Å². The van der Waals surface area contributed by atoms with Crippen LogP contribution in [0.1, 0.15) is 13.8 Å². The summed E-state index contributed by atoms with van der Waals surface area (Å²) >= 11 is 0. The minimum Gasteiger partial charge on any atom is -0.344 e. The normalized spacial score (nSPS) is 1.50. The molecule has 0 saturated heterocycles. The Bertz CT molecular complexity index is 6.00. The zero-order chi connectivity index (χ0) is 2.00. The van der Waals surface area contributed by atoms with E-state index < -0.39 is 0 Å². The van der Waals surface area contributed by atoms with Gasteiger partial charge in [0.2, 0.25) is 0 Å². The van der Waals surface area contributed by atoms with Crippen LogP contribution in [0.25, 0.3) is 0 Å². The predicted molar refractivity (Wildman–Crippen MR) is 27.5 cm³/mol. The van der Waals surface area contributed by atoms with Gasteiger partial charge in [-0.2, -0.15) is 9.90 Å². The van der Waals surface area contributed by atoms with E-state index in [0.717, 1.165) is 0 Å². The lowest BCUT2D eigenvalue weighted by molar-refractivity contribution is 1.50. The highest BCUT2D eigenvalue weighted by Crippen LogP contribution is 1.14. The molecule has 0 fully saturated rings. The van der Waals surface area contributed by atoms with E-state index in [0.29, 0.717) is 0 Å². The molecule has 0 heterocycles. The summed E-state index contributed by atoms with van der Waals surface area (Å²) < 4.78 is 0. The van der Waals surface area contributed by atoms with E-state index in [4.69, 9.17) is 0 Å². The maximum absolute atomic E-state index is 2.00. The molecule has 0 aromatic rings. The van der Waals surface area contributed by atoms with Crippen LogP contribution in [-0.4, -0.2) is 0 Å². The first-order valence-corrected chi connectivity index (χ1v) is 1.00. The van der Waals surface area contributed by atoms with Gasteiger partial charge in [0.05, 0.1) is 0 Å². The number of hydrogen-bond donors (Lipinski definition) is 1. The molecule has 2 heteroatoms. The maximum Gasteiger partial charge on any atom is -0.0683 e. The van der Waals surface area contributed by atoms with Crippen LogP contribution in [0.5, 0.6) is 0 Å². The van der Waals surface area contributed by atoms with Crippen molar-refractivity contribution in [1.29, 1.82) is 0 Å². The molecular formula is C2H12NP. The second-order valence-corrected chi connectivity index (χ2v) is 0. The van der Waals surface area contributed by atoms with Crippen molar-refractivity contribution in [3.8, 4) is 0 Å². The highest BCUT2D eigenvalue weighted by molar-refractivity contribution is 6.92. The highest BCUT2D eigenvalue weighted by atomic mass is 31.0. The fourth-order valence-corrected chi connectivity index (χ4v) is 0. The molecule has 0 amide bonds. The van der Waals surface area contributed by atoms with Crippen LogP contribution in [0.15, 0.2) is 0 Å². The van der Waals surface area contributed by atoms with Gasteiger partial charge in [0.25, 0.3) is 0 Å². The molecule has 0 aliphatic heterocycles. The Hall–Kier alpha value is 0.390. The first-order chi connectivity index (χ1) is 1.00. The van der Waals surface area contributed by atoms with Crippen molar-refractivity contribution in [2.24, 2.45) is 0 Å². The third-order valence-electron chi connectivity index (χ3n) is 0. The summed E-state index contributed by atoms with van der Waals surface area (Å²) in [6, 6.07) is 0. The molecule has 0 bridgehead atoms. The van der Waals surface area contributed by atoms with Gasteiger partial charge in [0.15, 0.2) is 0 Å². The molecule has 0 aliphatic rings. The summed E-state index contributed by atoms with van der Waals surface area (Å²) in [4.78, 5) is 0. The Kier molecular flexibility index (Phi) is 831. The molecule has 0 aromatic heterocycles.